The third-order valence-electron chi connectivity index (χ3n) is 7.77. The Morgan fingerprint density at radius 2 is 1.88 bits per heavy atom. The first kappa shape index (κ1) is 31.3. The highest BCUT2D eigenvalue weighted by molar-refractivity contribution is 6.39. The Hall–Kier alpha value is -3.09. The van der Waals surface area contributed by atoms with Crippen LogP contribution in [0, 0.1) is 0 Å². The number of fused-ring (bicyclic) bond motifs is 1. The SMILES string of the molecule is C=CC(=O)N1CC(OCCN2CC(c3c(Cl)c(OC)cc(OC)c3Cl)=Cc3cnc(NCCCN4CCOCC4)nc32)C1. The number of benzene rings is 1. The highest BCUT2D eigenvalue weighted by Gasteiger charge is 2.31. The summed E-state index contributed by atoms with van der Waals surface area (Å²) in [7, 11) is 3.11. The van der Waals surface area contributed by atoms with Crippen LogP contribution < -0.4 is 19.7 Å². The van der Waals surface area contributed by atoms with E-state index in [1.807, 2.05) is 12.3 Å². The molecule has 0 unspecified atom stereocenters. The van der Waals surface area contributed by atoms with Gasteiger partial charge < -0.3 is 34.1 Å². The minimum absolute atomic E-state index is 0.0104. The molecule has 4 heterocycles. The van der Waals surface area contributed by atoms with E-state index in [0.717, 1.165) is 62.8 Å². The normalized spacial score (nSPS) is 17.2. The fraction of sp³-hybridized carbons (Fsp3) is 0.500. The van der Waals surface area contributed by atoms with Gasteiger partial charge in [-0.25, -0.2) is 4.98 Å². The average molecular weight is 634 g/mol. The number of carbonyl (C=O) groups excluding carboxylic acids is 1. The summed E-state index contributed by atoms with van der Waals surface area (Å²) in [5.74, 6) is 2.22. The maximum Gasteiger partial charge on any atom is 0.246 e. The molecule has 13 heteroatoms. The van der Waals surface area contributed by atoms with Crippen LogP contribution in [-0.2, 0) is 14.3 Å². The van der Waals surface area contributed by atoms with Crippen molar-refractivity contribution in [1.29, 1.82) is 0 Å². The average Bonchev–Trinajstić information content (AvgIpc) is 3.00. The Balaban J connectivity index is 1.33. The van der Waals surface area contributed by atoms with E-state index in [2.05, 4.69) is 26.7 Å². The number of amides is 1. The van der Waals surface area contributed by atoms with Crippen molar-refractivity contribution in [2.24, 2.45) is 0 Å². The highest BCUT2D eigenvalue weighted by atomic mass is 35.5. The van der Waals surface area contributed by atoms with Crippen molar-refractivity contribution in [2.45, 2.75) is 12.5 Å². The van der Waals surface area contributed by atoms with Gasteiger partial charge >= 0.3 is 0 Å². The number of hydrogen-bond acceptors (Lipinski definition) is 10. The summed E-state index contributed by atoms with van der Waals surface area (Å²) < 4.78 is 22.5. The Bertz CT molecular complexity index is 1320. The maximum atomic E-state index is 11.8. The van der Waals surface area contributed by atoms with Gasteiger partial charge in [0.25, 0.3) is 0 Å². The number of rotatable bonds is 13. The summed E-state index contributed by atoms with van der Waals surface area (Å²) in [5, 5.41) is 4.19. The van der Waals surface area contributed by atoms with E-state index in [1.54, 1.807) is 25.2 Å². The Morgan fingerprint density at radius 3 is 2.56 bits per heavy atom. The number of likely N-dealkylation sites (tertiary alicyclic amines) is 1. The van der Waals surface area contributed by atoms with Crippen molar-refractivity contribution >= 4 is 52.5 Å². The number of carbonyl (C=O) groups is 1. The van der Waals surface area contributed by atoms with Crippen LogP contribution in [-0.4, -0.2) is 118 Å². The number of methoxy groups -OCH3 is 2. The van der Waals surface area contributed by atoms with Crippen LogP contribution in [0.2, 0.25) is 10.0 Å². The van der Waals surface area contributed by atoms with Gasteiger partial charge in [0.1, 0.15) is 17.3 Å². The summed E-state index contributed by atoms with van der Waals surface area (Å²) >= 11 is 13.6. The summed E-state index contributed by atoms with van der Waals surface area (Å²) in [4.78, 5) is 27.5. The van der Waals surface area contributed by atoms with Gasteiger partial charge in [-0.1, -0.05) is 29.8 Å². The third-order valence-corrected chi connectivity index (χ3v) is 8.52. The molecule has 0 spiro atoms. The lowest BCUT2D eigenvalue weighted by Crippen LogP contribution is -2.54. The Kier molecular flexibility index (Phi) is 10.6. The van der Waals surface area contributed by atoms with Crippen LogP contribution in [0.3, 0.4) is 0 Å². The monoisotopic (exact) mass is 632 g/mol. The van der Waals surface area contributed by atoms with Gasteiger partial charge in [-0.2, -0.15) is 4.98 Å². The number of morpholine rings is 1. The van der Waals surface area contributed by atoms with E-state index < -0.39 is 0 Å². The molecule has 2 fully saturated rings. The first-order valence-corrected chi connectivity index (χ1v) is 15.2. The second-order valence-electron chi connectivity index (χ2n) is 10.5. The Morgan fingerprint density at radius 1 is 1.16 bits per heavy atom. The quantitative estimate of drug-likeness (QED) is 0.260. The lowest BCUT2D eigenvalue weighted by molar-refractivity contribution is -0.139. The molecular formula is C30H38Cl2N6O5. The second-order valence-corrected chi connectivity index (χ2v) is 11.3. The van der Waals surface area contributed by atoms with Crippen LogP contribution >= 0.6 is 23.2 Å². The number of aromatic nitrogens is 2. The molecule has 1 N–H and O–H groups in total. The number of halogens is 2. The van der Waals surface area contributed by atoms with Crippen molar-refractivity contribution in [3.8, 4) is 11.5 Å². The van der Waals surface area contributed by atoms with Gasteiger partial charge in [0.05, 0.1) is 50.2 Å². The van der Waals surface area contributed by atoms with Crippen LogP contribution in [0.1, 0.15) is 17.5 Å². The van der Waals surface area contributed by atoms with E-state index in [0.29, 0.717) is 65.8 Å². The highest BCUT2D eigenvalue weighted by Crippen LogP contribution is 2.45. The first-order valence-electron chi connectivity index (χ1n) is 14.4. The predicted octanol–water partition coefficient (Wildman–Crippen LogP) is 3.71. The zero-order chi connectivity index (χ0) is 30.3. The molecule has 0 bridgehead atoms. The van der Waals surface area contributed by atoms with Crippen LogP contribution in [0.4, 0.5) is 11.8 Å². The van der Waals surface area contributed by atoms with E-state index in [4.69, 9.17) is 47.1 Å². The fourth-order valence-electron chi connectivity index (χ4n) is 5.35. The fourth-order valence-corrected chi connectivity index (χ4v) is 6.09. The summed E-state index contributed by atoms with van der Waals surface area (Å²) in [6.07, 6.45) is 6.11. The molecule has 1 amide bonds. The molecular weight excluding hydrogens is 595 g/mol. The molecule has 0 atom stereocenters. The Labute approximate surface area is 262 Å². The van der Waals surface area contributed by atoms with E-state index in [1.165, 1.54) is 6.08 Å². The molecule has 1 aromatic carbocycles. The molecule has 11 nitrogen and oxygen atoms in total. The molecule has 0 radical (unpaired) electrons. The minimum atomic E-state index is -0.0799. The van der Waals surface area contributed by atoms with Crippen molar-refractivity contribution in [1.82, 2.24) is 19.8 Å². The van der Waals surface area contributed by atoms with E-state index in [9.17, 15) is 4.79 Å². The van der Waals surface area contributed by atoms with E-state index >= 15 is 0 Å². The molecule has 3 aliphatic heterocycles. The molecule has 0 saturated carbocycles. The molecule has 5 rings (SSSR count). The lowest BCUT2D eigenvalue weighted by Gasteiger charge is -2.39. The summed E-state index contributed by atoms with van der Waals surface area (Å²) in [5.41, 5.74) is 2.35. The lowest BCUT2D eigenvalue weighted by atomic mass is 9.98. The zero-order valence-electron chi connectivity index (χ0n) is 24.6. The van der Waals surface area contributed by atoms with Gasteiger partial charge in [-0.15, -0.1) is 0 Å². The number of hydrogen-bond donors (Lipinski definition) is 1. The molecule has 0 aliphatic carbocycles. The van der Waals surface area contributed by atoms with Gasteiger partial charge in [-0.05, 0) is 30.7 Å². The van der Waals surface area contributed by atoms with Gasteiger partial charge in [-0.3, -0.25) is 9.69 Å². The standard InChI is InChI=1S/C30H38Cl2N6O5/c1-4-25(39)38-18-22(19-38)43-13-10-37-17-21(26-27(31)23(40-2)15-24(41-3)28(26)32)14-20-16-34-30(35-29(20)37)33-6-5-7-36-8-11-42-12-9-36/h4,14-16,22H,1,5-13,17-19H2,2-3H3,(H,33,34,35). The first-order chi connectivity index (χ1) is 20.9. The van der Waals surface area contributed by atoms with Crippen LogP contribution in [0.25, 0.3) is 11.6 Å². The molecule has 3 aliphatic rings. The van der Waals surface area contributed by atoms with Gasteiger partial charge in [0.15, 0.2) is 0 Å². The number of ether oxygens (including phenoxy) is 4. The van der Waals surface area contributed by atoms with Crippen molar-refractivity contribution in [2.75, 3.05) is 96.6 Å². The predicted molar refractivity (Wildman–Crippen MR) is 169 cm³/mol. The van der Waals surface area contributed by atoms with Gasteiger partial charge in [0.2, 0.25) is 11.9 Å². The van der Waals surface area contributed by atoms with Crippen molar-refractivity contribution < 1.29 is 23.7 Å². The number of nitrogens with zero attached hydrogens (tertiary/aromatic N) is 5. The van der Waals surface area contributed by atoms with Gasteiger partial charge in [0, 0.05) is 69.2 Å². The molecule has 232 valence electrons. The van der Waals surface area contributed by atoms with Crippen LogP contribution in [0.15, 0.2) is 24.9 Å². The smallest absolute Gasteiger partial charge is 0.246 e. The minimum Gasteiger partial charge on any atom is -0.495 e. The zero-order valence-corrected chi connectivity index (χ0v) is 26.1. The maximum absolute atomic E-state index is 11.8. The summed E-state index contributed by atoms with van der Waals surface area (Å²) in [6, 6.07) is 1.68. The van der Waals surface area contributed by atoms with Crippen LogP contribution in [0.5, 0.6) is 11.5 Å². The van der Waals surface area contributed by atoms with E-state index in [-0.39, 0.29) is 12.0 Å². The number of anilines is 2. The molecule has 2 aromatic rings. The third kappa shape index (κ3) is 7.35. The molecule has 2 saturated heterocycles. The largest absolute Gasteiger partial charge is 0.495 e. The summed E-state index contributed by atoms with van der Waals surface area (Å²) in [6.45, 7) is 11.4. The number of nitrogens with one attached hydrogen (secondary N) is 1. The molecule has 1 aromatic heterocycles. The van der Waals surface area contributed by atoms with Crippen molar-refractivity contribution in [3.05, 3.63) is 46.1 Å². The topological polar surface area (TPSA) is 102 Å². The van der Waals surface area contributed by atoms with Crippen molar-refractivity contribution in [3.63, 3.8) is 0 Å². The second kappa shape index (κ2) is 14.6. The molecule has 43 heavy (non-hydrogen) atoms.